The Morgan fingerprint density at radius 3 is 2.95 bits per heavy atom. The quantitative estimate of drug-likeness (QED) is 0.570. The minimum atomic E-state index is -0.791. The highest BCUT2D eigenvalue weighted by Crippen LogP contribution is 2.28. The summed E-state index contributed by atoms with van der Waals surface area (Å²) in [7, 11) is 0. The number of hydrogen-bond donors (Lipinski definition) is 1. The van der Waals surface area contributed by atoms with Crippen LogP contribution in [0.15, 0.2) is 22.7 Å². The molecule has 7 heteroatoms. The smallest absolute Gasteiger partial charge is 0.259 e. The summed E-state index contributed by atoms with van der Waals surface area (Å²) in [6.07, 6.45) is 0.939. The molecule has 1 aromatic heterocycles. The van der Waals surface area contributed by atoms with E-state index in [1.165, 1.54) is 0 Å². The van der Waals surface area contributed by atoms with Crippen LogP contribution in [0.5, 0.6) is 0 Å². The summed E-state index contributed by atoms with van der Waals surface area (Å²) in [6.45, 7) is 4.86. The lowest BCUT2D eigenvalue weighted by molar-refractivity contribution is 0.0867. The van der Waals surface area contributed by atoms with Gasteiger partial charge in [0.1, 0.15) is 5.54 Å². The first-order chi connectivity index (χ1) is 9.94. The summed E-state index contributed by atoms with van der Waals surface area (Å²) < 4.78 is 11.8. The van der Waals surface area contributed by atoms with Gasteiger partial charge < -0.3 is 15.0 Å². The largest absolute Gasteiger partial charge is 0.379 e. The van der Waals surface area contributed by atoms with E-state index in [-0.39, 0.29) is 0 Å². The fourth-order valence-electron chi connectivity index (χ4n) is 1.72. The second kappa shape index (κ2) is 7.04. The van der Waals surface area contributed by atoms with E-state index in [2.05, 4.69) is 32.7 Å². The Labute approximate surface area is 142 Å². The van der Waals surface area contributed by atoms with Crippen molar-refractivity contribution in [2.75, 3.05) is 13.2 Å². The van der Waals surface area contributed by atoms with Crippen LogP contribution in [0.4, 0.5) is 0 Å². The van der Waals surface area contributed by atoms with Crippen LogP contribution in [0, 0.1) is 3.57 Å². The Kier molecular flexibility index (Phi) is 5.59. The lowest BCUT2D eigenvalue weighted by Gasteiger charge is -2.19. The van der Waals surface area contributed by atoms with E-state index in [1.807, 2.05) is 26.0 Å². The standard InChI is InChI=1S/C14H17ClIN3O2/c1-3-6-20-8-14(2,17)13-18-12(21-19-13)10-7-9(15)4-5-11(10)16/h4-5,7H,3,6,8,17H2,1-2H3. The minimum absolute atomic E-state index is 0.340. The maximum absolute atomic E-state index is 6.20. The summed E-state index contributed by atoms with van der Waals surface area (Å²) in [4.78, 5) is 4.39. The third kappa shape index (κ3) is 4.15. The van der Waals surface area contributed by atoms with Gasteiger partial charge in [0.2, 0.25) is 0 Å². The van der Waals surface area contributed by atoms with Crippen LogP contribution < -0.4 is 5.73 Å². The molecule has 0 saturated heterocycles. The van der Waals surface area contributed by atoms with Crippen molar-refractivity contribution in [2.24, 2.45) is 5.73 Å². The molecule has 2 N–H and O–H groups in total. The van der Waals surface area contributed by atoms with Crippen molar-refractivity contribution >= 4 is 34.2 Å². The number of nitrogens with two attached hydrogens (primary N) is 1. The second-order valence-corrected chi connectivity index (χ2v) is 6.62. The average molecular weight is 422 g/mol. The van der Waals surface area contributed by atoms with E-state index in [1.54, 1.807) is 6.07 Å². The van der Waals surface area contributed by atoms with Crippen LogP contribution in [0.3, 0.4) is 0 Å². The van der Waals surface area contributed by atoms with Crippen LogP contribution in [0.2, 0.25) is 5.02 Å². The summed E-state index contributed by atoms with van der Waals surface area (Å²) in [5, 5.41) is 4.59. The fraction of sp³-hybridized carbons (Fsp3) is 0.429. The predicted octanol–water partition coefficient (Wildman–Crippen LogP) is 3.60. The van der Waals surface area contributed by atoms with Crippen molar-refractivity contribution in [3.05, 3.63) is 32.6 Å². The van der Waals surface area contributed by atoms with Crippen molar-refractivity contribution in [2.45, 2.75) is 25.8 Å². The lowest BCUT2D eigenvalue weighted by atomic mass is 10.1. The molecule has 1 heterocycles. The van der Waals surface area contributed by atoms with Crippen LogP contribution in [-0.4, -0.2) is 23.4 Å². The zero-order valence-corrected chi connectivity index (χ0v) is 14.8. The first-order valence-electron chi connectivity index (χ1n) is 6.60. The van der Waals surface area contributed by atoms with Crippen LogP contribution in [0.1, 0.15) is 26.1 Å². The fourth-order valence-corrected chi connectivity index (χ4v) is 2.46. The third-order valence-corrected chi connectivity index (χ3v) is 4.02. The normalized spacial score (nSPS) is 14.1. The van der Waals surface area contributed by atoms with Crippen LogP contribution >= 0.6 is 34.2 Å². The number of benzene rings is 1. The van der Waals surface area contributed by atoms with Gasteiger partial charge in [-0.25, -0.2) is 0 Å². The highest BCUT2D eigenvalue weighted by atomic mass is 127. The van der Waals surface area contributed by atoms with Gasteiger partial charge in [-0.2, -0.15) is 4.98 Å². The van der Waals surface area contributed by atoms with Crippen molar-refractivity contribution in [1.29, 1.82) is 0 Å². The summed E-state index contributed by atoms with van der Waals surface area (Å²) >= 11 is 8.21. The van der Waals surface area contributed by atoms with Crippen molar-refractivity contribution < 1.29 is 9.26 Å². The van der Waals surface area contributed by atoms with Gasteiger partial charge >= 0.3 is 0 Å². The van der Waals surface area contributed by atoms with Crippen LogP contribution in [0.25, 0.3) is 11.5 Å². The van der Waals surface area contributed by atoms with E-state index in [9.17, 15) is 0 Å². The van der Waals surface area contributed by atoms with Gasteiger partial charge in [-0.1, -0.05) is 23.7 Å². The predicted molar refractivity (Wildman–Crippen MR) is 90.1 cm³/mol. The van der Waals surface area contributed by atoms with Crippen molar-refractivity contribution in [1.82, 2.24) is 10.1 Å². The molecule has 114 valence electrons. The summed E-state index contributed by atoms with van der Waals surface area (Å²) in [5.74, 6) is 0.827. The molecular formula is C14H17ClIN3O2. The number of ether oxygens (including phenoxy) is 1. The SMILES string of the molecule is CCCOCC(C)(N)c1noc(-c2cc(Cl)ccc2I)n1. The van der Waals surface area contributed by atoms with E-state index >= 15 is 0 Å². The monoisotopic (exact) mass is 421 g/mol. The van der Waals surface area contributed by atoms with E-state index < -0.39 is 5.54 Å². The van der Waals surface area contributed by atoms with Crippen molar-refractivity contribution in [3.8, 4) is 11.5 Å². The van der Waals surface area contributed by atoms with E-state index in [0.717, 1.165) is 15.6 Å². The average Bonchev–Trinajstić information content (AvgIpc) is 2.92. The first-order valence-corrected chi connectivity index (χ1v) is 8.06. The van der Waals surface area contributed by atoms with Gasteiger partial charge in [0.25, 0.3) is 5.89 Å². The van der Waals surface area contributed by atoms with Crippen molar-refractivity contribution in [3.63, 3.8) is 0 Å². The second-order valence-electron chi connectivity index (χ2n) is 5.02. The summed E-state index contributed by atoms with van der Waals surface area (Å²) in [5.41, 5.74) is 6.21. The van der Waals surface area contributed by atoms with Crippen LogP contribution in [-0.2, 0) is 10.3 Å². The molecule has 2 aromatic rings. The molecule has 5 nitrogen and oxygen atoms in total. The molecule has 0 radical (unpaired) electrons. The molecule has 21 heavy (non-hydrogen) atoms. The van der Waals surface area contributed by atoms with Gasteiger partial charge in [-0.15, -0.1) is 0 Å². The number of aromatic nitrogens is 2. The van der Waals surface area contributed by atoms with Gasteiger partial charge in [0.05, 0.1) is 12.2 Å². The molecule has 0 spiro atoms. The van der Waals surface area contributed by atoms with Gasteiger partial charge in [-0.3, -0.25) is 0 Å². The molecule has 1 aromatic carbocycles. The van der Waals surface area contributed by atoms with Gasteiger partial charge in [-0.05, 0) is 54.1 Å². The highest BCUT2D eigenvalue weighted by Gasteiger charge is 2.28. The highest BCUT2D eigenvalue weighted by molar-refractivity contribution is 14.1. The molecule has 0 amide bonds. The number of hydrogen-bond acceptors (Lipinski definition) is 5. The molecule has 2 rings (SSSR count). The molecule has 1 unspecified atom stereocenters. The molecule has 0 aliphatic heterocycles. The Morgan fingerprint density at radius 2 is 2.24 bits per heavy atom. The Bertz CT molecular complexity index is 616. The minimum Gasteiger partial charge on any atom is -0.379 e. The maximum atomic E-state index is 6.20. The third-order valence-electron chi connectivity index (χ3n) is 2.85. The topological polar surface area (TPSA) is 74.2 Å². The number of rotatable bonds is 6. The zero-order valence-electron chi connectivity index (χ0n) is 11.9. The molecule has 1 atom stereocenters. The molecule has 0 saturated carbocycles. The molecule has 0 aliphatic rings. The zero-order chi connectivity index (χ0) is 15.5. The Morgan fingerprint density at radius 1 is 1.48 bits per heavy atom. The Hall–Kier alpha value is -0.700. The molecule has 0 bridgehead atoms. The molecule has 0 aliphatic carbocycles. The number of halogens is 2. The summed E-state index contributed by atoms with van der Waals surface area (Å²) in [6, 6.07) is 5.51. The van der Waals surface area contributed by atoms with Gasteiger partial charge in [0, 0.05) is 15.2 Å². The van der Waals surface area contributed by atoms with Gasteiger partial charge in [0.15, 0.2) is 5.82 Å². The van der Waals surface area contributed by atoms with E-state index in [0.29, 0.717) is 30.0 Å². The first kappa shape index (κ1) is 16.7. The molecular weight excluding hydrogens is 405 g/mol. The van der Waals surface area contributed by atoms with E-state index in [4.69, 9.17) is 26.6 Å². The number of nitrogens with zero attached hydrogens (tertiary/aromatic N) is 2. The molecule has 0 fully saturated rings. The lowest BCUT2D eigenvalue weighted by Crippen LogP contribution is -2.39. The maximum Gasteiger partial charge on any atom is 0.259 e. The Balaban J connectivity index is 2.23.